The fraction of sp³-hybridized carbons (Fsp3) is 0.667. The van der Waals surface area contributed by atoms with Crippen molar-refractivity contribution in [2.45, 2.75) is 0 Å². The zero-order valence-electron chi connectivity index (χ0n) is 4.98. The van der Waals surface area contributed by atoms with Gasteiger partial charge in [-0.25, -0.2) is 4.18 Å². The van der Waals surface area contributed by atoms with E-state index < -0.39 is 22.8 Å². The topological polar surface area (TPSA) is 107 Å². The number of Topliss-reactive ketones (excluding diaryl/α,β-unsaturated/α-hetero) is 1. The summed E-state index contributed by atoms with van der Waals surface area (Å²) in [4.78, 5) is 10.2. The highest BCUT2D eigenvalue weighted by Gasteiger charge is 2.07. The van der Waals surface area contributed by atoms with Crippen molar-refractivity contribution in [3.05, 3.63) is 0 Å². The van der Waals surface area contributed by atoms with E-state index in [0.29, 0.717) is 0 Å². The Morgan fingerprint density at radius 1 is 1.60 bits per heavy atom. The lowest BCUT2D eigenvalue weighted by Crippen LogP contribution is -2.21. The molecular formula is C3H7NO5S. The minimum absolute atomic E-state index is 0.310. The summed E-state index contributed by atoms with van der Waals surface area (Å²) in [6.45, 7) is -1.02. The van der Waals surface area contributed by atoms with Gasteiger partial charge in [-0.1, -0.05) is 0 Å². The van der Waals surface area contributed by atoms with E-state index in [9.17, 15) is 13.2 Å². The molecule has 0 spiro atoms. The SMILES string of the molecule is NCC(=O)COS(=O)(=O)O. The lowest BCUT2D eigenvalue weighted by molar-refractivity contribution is -0.119. The molecule has 7 heteroatoms. The van der Waals surface area contributed by atoms with Crippen LogP contribution in [0.2, 0.25) is 0 Å². The molecule has 0 aromatic rings. The van der Waals surface area contributed by atoms with Crippen molar-refractivity contribution in [2.24, 2.45) is 5.73 Å². The van der Waals surface area contributed by atoms with Crippen molar-refractivity contribution >= 4 is 16.2 Å². The molecule has 0 aliphatic heterocycles. The summed E-state index contributed by atoms with van der Waals surface area (Å²) < 4.78 is 31.2. The fourth-order valence-corrected chi connectivity index (χ4v) is 0.479. The molecule has 0 atom stereocenters. The Hall–Kier alpha value is -0.500. The highest BCUT2D eigenvalue weighted by molar-refractivity contribution is 7.80. The van der Waals surface area contributed by atoms with Gasteiger partial charge in [-0.2, -0.15) is 8.42 Å². The van der Waals surface area contributed by atoms with Gasteiger partial charge in [0.2, 0.25) is 0 Å². The van der Waals surface area contributed by atoms with E-state index in [1.807, 2.05) is 0 Å². The summed E-state index contributed by atoms with van der Waals surface area (Å²) in [6.07, 6.45) is 0. The molecule has 0 saturated heterocycles. The van der Waals surface area contributed by atoms with E-state index in [1.54, 1.807) is 0 Å². The molecule has 0 aromatic heterocycles. The summed E-state index contributed by atoms with van der Waals surface area (Å²) in [6, 6.07) is 0. The Bertz CT molecular complexity index is 207. The largest absolute Gasteiger partial charge is 0.397 e. The second kappa shape index (κ2) is 3.62. The quantitative estimate of drug-likeness (QED) is 0.487. The van der Waals surface area contributed by atoms with Crippen LogP contribution < -0.4 is 5.73 Å². The van der Waals surface area contributed by atoms with Gasteiger partial charge >= 0.3 is 10.4 Å². The summed E-state index contributed by atoms with van der Waals surface area (Å²) >= 11 is 0. The Morgan fingerprint density at radius 2 is 2.10 bits per heavy atom. The molecule has 6 nitrogen and oxygen atoms in total. The molecule has 0 aliphatic rings. The average molecular weight is 169 g/mol. The predicted octanol–water partition coefficient (Wildman–Crippen LogP) is -1.67. The van der Waals surface area contributed by atoms with Crippen LogP contribution in [0.1, 0.15) is 0 Å². The van der Waals surface area contributed by atoms with Crippen LogP contribution in [0, 0.1) is 0 Å². The Kier molecular flexibility index (Phi) is 3.43. The van der Waals surface area contributed by atoms with Crippen LogP contribution in [0.15, 0.2) is 0 Å². The summed E-state index contributed by atoms with van der Waals surface area (Å²) in [7, 11) is -4.51. The Labute approximate surface area is 57.9 Å². The highest BCUT2D eigenvalue weighted by Crippen LogP contribution is 1.84. The van der Waals surface area contributed by atoms with Gasteiger partial charge in [-0.05, 0) is 0 Å². The van der Waals surface area contributed by atoms with Gasteiger partial charge in [0.15, 0.2) is 5.78 Å². The molecular weight excluding hydrogens is 162 g/mol. The molecule has 0 aliphatic carbocycles. The van der Waals surface area contributed by atoms with Gasteiger partial charge in [-0.15, -0.1) is 0 Å². The van der Waals surface area contributed by atoms with Gasteiger partial charge in [0.25, 0.3) is 0 Å². The monoisotopic (exact) mass is 169 g/mol. The molecule has 3 N–H and O–H groups in total. The highest BCUT2D eigenvalue weighted by atomic mass is 32.3. The van der Waals surface area contributed by atoms with Crippen LogP contribution in [0.25, 0.3) is 0 Å². The number of carbonyl (C=O) groups excluding carboxylic acids is 1. The van der Waals surface area contributed by atoms with Crippen LogP contribution in [0.3, 0.4) is 0 Å². The molecule has 0 fully saturated rings. The van der Waals surface area contributed by atoms with E-state index in [0.717, 1.165) is 0 Å². The second-order valence-corrected chi connectivity index (χ2v) is 2.52. The van der Waals surface area contributed by atoms with E-state index in [4.69, 9.17) is 10.3 Å². The van der Waals surface area contributed by atoms with Gasteiger partial charge in [0.1, 0.15) is 6.61 Å². The molecule has 0 radical (unpaired) electrons. The lowest BCUT2D eigenvalue weighted by atomic mass is 10.4. The second-order valence-electron chi connectivity index (χ2n) is 1.43. The van der Waals surface area contributed by atoms with E-state index in [2.05, 4.69) is 4.18 Å². The third-order valence-corrected chi connectivity index (χ3v) is 1.01. The number of ketones is 1. The number of nitrogens with two attached hydrogens (primary N) is 1. The van der Waals surface area contributed by atoms with E-state index in [-0.39, 0.29) is 6.54 Å². The van der Waals surface area contributed by atoms with E-state index >= 15 is 0 Å². The van der Waals surface area contributed by atoms with Gasteiger partial charge < -0.3 is 5.73 Å². The van der Waals surface area contributed by atoms with Gasteiger partial charge in [-0.3, -0.25) is 9.35 Å². The number of carbonyl (C=O) groups is 1. The van der Waals surface area contributed by atoms with Crippen LogP contribution in [0.5, 0.6) is 0 Å². The average Bonchev–Trinajstić information content (AvgIpc) is 1.81. The molecule has 10 heavy (non-hydrogen) atoms. The molecule has 0 saturated carbocycles. The van der Waals surface area contributed by atoms with Crippen LogP contribution in [-0.2, 0) is 19.4 Å². The zero-order chi connectivity index (χ0) is 8.20. The van der Waals surface area contributed by atoms with E-state index in [1.165, 1.54) is 0 Å². The Balaban J connectivity index is 3.67. The third kappa shape index (κ3) is 5.63. The summed E-state index contributed by atoms with van der Waals surface area (Å²) in [5.74, 6) is -0.599. The first-order valence-electron chi connectivity index (χ1n) is 2.29. The first kappa shape index (κ1) is 9.50. The van der Waals surface area contributed by atoms with Crippen LogP contribution in [-0.4, -0.2) is 31.9 Å². The first-order valence-corrected chi connectivity index (χ1v) is 3.66. The molecule has 0 unspecified atom stereocenters. The fourth-order valence-electron chi connectivity index (χ4n) is 0.199. The molecule has 0 aromatic carbocycles. The molecule has 0 heterocycles. The summed E-state index contributed by atoms with van der Waals surface area (Å²) in [5.41, 5.74) is 4.80. The molecule has 0 rings (SSSR count). The van der Waals surface area contributed by atoms with Crippen molar-refractivity contribution < 1.29 is 21.9 Å². The number of hydrogen-bond donors (Lipinski definition) is 2. The van der Waals surface area contributed by atoms with Crippen molar-refractivity contribution in [1.29, 1.82) is 0 Å². The maximum Gasteiger partial charge on any atom is 0.397 e. The minimum atomic E-state index is -4.51. The maximum absolute atomic E-state index is 10.2. The molecule has 0 amide bonds. The summed E-state index contributed by atoms with van der Waals surface area (Å²) in [5, 5.41) is 0. The number of rotatable bonds is 4. The van der Waals surface area contributed by atoms with Crippen molar-refractivity contribution in [3.63, 3.8) is 0 Å². The van der Waals surface area contributed by atoms with Crippen LogP contribution in [0.4, 0.5) is 0 Å². The lowest BCUT2D eigenvalue weighted by Gasteiger charge is -1.94. The van der Waals surface area contributed by atoms with Crippen molar-refractivity contribution in [2.75, 3.05) is 13.2 Å². The molecule has 60 valence electrons. The third-order valence-electron chi connectivity index (χ3n) is 0.597. The smallest absolute Gasteiger partial charge is 0.324 e. The first-order chi connectivity index (χ1) is 4.45. The van der Waals surface area contributed by atoms with Crippen molar-refractivity contribution in [1.82, 2.24) is 0 Å². The standard InChI is InChI=1S/C3H7NO5S/c4-1-3(5)2-9-10(6,7)8/h1-2,4H2,(H,6,7,8). The predicted molar refractivity (Wildman–Crippen MR) is 31.6 cm³/mol. The minimum Gasteiger partial charge on any atom is -0.324 e. The van der Waals surface area contributed by atoms with Crippen LogP contribution >= 0.6 is 0 Å². The van der Waals surface area contributed by atoms with Crippen molar-refractivity contribution in [3.8, 4) is 0 Å². The van der Waals surface area contributed by atoms with Gasteiger partial charge in [0, 0.05) is 0 Å². The van der Waals surface area contributed by atoms with Gasteiger partial charge in [0.05, 0.1) is 6.54 Å². The number of hydrogen-bond acceptors (Lipinski definition) is 5. The maximum atomic E-state index is 10.2. The normalized spacial score (nSPS) is 11.4. The zero-order valence-corrected chi connectivity index (χ0v) is 5.80. The Morgan fingerprint density at radius 3 is 2.40 bits per heavy atom. The molecule has 0 bridgehead atoms.